The molecule has 3 rings (SSSR count). The van der Waals surface area contributed by atoms with E-state index in [-0.39, 0.29) is 5.54 Å². The first-order valence-corrected chi connectivity index (χ1v) is 8.60. The van der Waals surface area contributed by atoms with Crippen LogP contribution in [0.1, 0.15) is 36.1 Å². The molecule has 0 fully saturated rings. The van der Waals surface area contributed by atoms with E-state index >= 15 is 0 Å². The van der Waals surface area contributed by atoms with Gasteiger partial charge in [-0.3, -0.25) is 4.90 Å². The molecule has 2 aromatic rings. The summed E-state index contributed by atoms with van der Waals surface area (Å²) >= 11 is 0. The molecule has 1 aliphatic rings. The molecule has 0 spiro atoms. The number of rotatable bonds is 5. The standard InChI is InChI=1S/C21H25N3/c1-21(2,16-23-14-18-7-5-6-17(12-18)13-22)24-11-10-19-8-3-4-9-20(19)15-24/h3-9,12,23H,10-11,14-16H2,1-2H3. The molecule has 1 heterocycles. The van der Waals surface area contributed by atoms with Crippen LogP contribution in [0.15, 0.2) is 48.5 Å². The number of hydrogen-bond acceptors (Lipinski definition) is 3. The minimum Gasteiger partial charge on any atom is -0.311 e. The quantitative estimate of drug-likeness (QED) is 0.917. The molecule has 0 saturated carbocycles. The number of benzene rings is 2. The Labute approximate surface area is 144 Å². The van der Waals surface area contributed by atoms with Gasteiger partial charge in [0.25, 0.3) is 0 Å². The van der Waals surface area contributed by atoms with Crippen molar-refractivity contribution in [1.29, 1.82) is 5.26 Å². The van der Waals surface area contributed by atoms with Gasteiger partial charge in [0.1, 0.15) is 0 Å². The molecule has 0 saturated heterocycles. The van der Waals surface area contributed by atoms with E-state index in [1.807, 2.05) is 18.2 Å². The average molecular weight is 319 g/mol. The first kappa shape index (κ1) is 16.7. The first-order valence-electron chi connectivity index (χ1n) is 8.60. The number of nitrogens with one attached hydrogen (secondary N) is 1. The Balaban J connectivity index is 1.57. The lowest BCUT2D eigenvalue weighted by atomic mass is 9.94. The van der Waals surface area contributed by atoms with Gasteiger partial charge in [-0.25, -0.2) is 0 Å². The fraction of sp³-hybridized carbons (Fsp3) is 0.381. The molecule has 0 radical (unpaired) electrons. The highest BCUT2D eigenvalue weighted by molar-refractivity contribution is 5.32. The number of nitrogens with zero attached hydrogens (tertiary/aromatic N) is 2. The summed E-state index contributed by atoms with van der Waals surface area (Å²) in [4.78, 5) is 2.56. The molecule has 0 unspecified atom stereocenters. The summed E-state index contributed by atoms with van der Waals surface area (Å²) in [6, 6.07) is 18.8. The Morgan fingerprint density at radius 2 is 1.92 bits per heavy atom. The predicted octanol–water partition coefficient (Wildman–Crippen LogP) is 3.48. The summed E-state index contributed by atoms with van der Waals surface area (Å²) in [5, 5.41) is 12.6. The van der Waals surface area contributed by atoms with Gasteiger partial charge in [0.2, 0.25) is 0 Å². The molecule has 1 aliphatic heterocycles. The van der Waals surface area contributed by atoms with Crippen LogP contribution >= 0.6 is 0 Å². The van der Waals surface area contributed by atoms with Crippen LogP contribution in [0.25, 0.3) is 0 Å². The van der Waals surface area contributed by atoms with Crippen molar-refractivity contribution < 1.29 is 0 Å². The van der Waals surface area contributed by atoms with Crippen molar-refractivity contribution in [3.8, 4) is 6.07 Å². The van der Waals surface area contributed by atoms with Gasteiger partial charge >= 0.3 is 0 Å². The topological polar surface area (TPSA) is 39.1 Å². The van der Waals surface area contributed by atoms with Crippen LogP contribution in [0.4, 0.5) is 0 Å². The van der Waals surface area contributed by atoms with Crippen LogP contribution in [-0.4, -0.2) is 23.5 Å². The van der Waals surface area contributed by atoms with Gasteiger partial charge in [-0.15, -0.1) is 0 Å². The molecule has 3 nitrogen and oxygen atoms in total. The van der Waals surface area contributed by atoms with Gasteiger partial charge in [-0.1, -0.05) is 36.4 Å². The summed E-state index contributed by atoms with van der Waals surface area (Å²) in [6.07, 6.45) is 1.13. The van der Waals surface area contributed by atoms with Crippen molar-refractivity contribution in [1.82, 2.24) is 10.2 Å². The Hall–Kier alpha value is -2.15. The summed E-state index contributed by atoms with van der Waals surface area (Å²) in [7, 11) is 0. The van der Waals surface area contributed by atoms with E-state index in [9.17, 15) is 0 Å². The number of hydrogen-bond donors (Lipinski definition) is 1. The van der Waals surface area contributed by atoms with Crippen molar-refractivity contribution in [3.63, 3.8) is 0 Å². The third kappa shape index (κ3) is 3.84. The SMILES string of the molecule is CC(C)(CNCc1cccc(C#N)c1)N1CCc2ccccc2C1. The lowest BCUT2D eigenvalue weighted by molar-refractivity contribution is 0.102. The second kappa shape index (κ2) is 7.17. The van der Waals surface area contributed by atoms with Gasteiger partial charge in [0, 0.05) is 31.7 Å². The Bertz CT molecular complexity index is 743. The normalized spacial score (nSPS) is 14.9. The lowest BCUT2D eigenvalue weighted by Crippen LogP contribution is -2.52. The van der Waals surface area contributed by atoms with E-state index in [4.69, 9.17) is 5.26 Å². The third-order valence-electron chi connectivity index (χ3n) is 4.93. The van der Waals surface area contributed by atoms with Gasteiger partial charge < -0.3 is 5.32 Å². The maximum Gasteiger partial charge on any atom is 0.0991 e. The largest absolute Gasteiger partial charge is 0.311 e. The van der Waals surface area contributed by atoms with Crippen molar-refractivity contribution in [2.75, 3.05) is 13.1 Å². The first-order chi connectivity index (χ1) is 11.6. The molecule has 0 aliphatic carbocycles. The second-order valence-electron chi connectivity index (χ2n) is 7.17. The predicted molar refractivity (Wildman–Crippen MR) is 97.5 cm³/mol. The molecule has 1 N–H and O–H groups in total. The van der Waals surface area contributed by atoms with Crippen molar-refractivity contribution >= 4 is 0 Å². The number of nitriles is 1. The highest BCUT2D eigenvalue weighted by atomic mass is 15.2. The van der Waals surface area contributed by atoms with E-state index in [1.165, 1.54) is 11.1 Å². The maximum atomic E-state index is 8.99. The van der Waals surface area contributed by atoms with E-state index in [0.29, 0.717) is 0 Å². The van der Waals surface area contributed by atoms with E-state index < -0.39 is 0 Å². The molecule has 0 amide bonds. The van der Waals surface area contributed by atoms with Crippen LogP contribution < -0.4 is 5.32 Å². The smallest absolute Gasteiger partial charge is 0.0991 e. The van der Waals surface area contributed by atoms with E-state index in [0.717, 1.165) is 43.7 Å². The van der Waals surface area contributed by atoms with Gasteiger partial charge in [-0.2, -0.15) is 5.26 Å². The van der Waals surface area contributed by atoms with Crippen LogP contribution in [0.3, 0.4) is 0 Å². The fourth-order valence-corrected chi connectivity index (χ4v) is 3.39. The van der Waals surface area contributed by atoms with Crippen LogP contribution in [0.2, 0.25) is 0 Å². The average Bonchev–Trinajstić information content (AvgIpc) is 2.61. The van der Waals surface area contributed by atoms with Gasteiger partial charge in [0.15, 0.2) is 0 Å². The fourth-order valence-electron chi connectivity index (χ4n) is 3.39. The van der Waals surface area contributed by atoms with Gasteiger partial charge in [-0.05, 0) is 49.1 Å². The molecular formula is C21H25N3. The Morgan fingerprint density at radius 1 is 1.12 bits per heavy atom. The lowest BCUT2D eigenvalue weighted by Gasteiger charge is -2.41. The highest BCUT2D eigenvalue weighted by Crippen LogP contribution is 2.25. The van der Waals surface area contributed by atoms with Crippen molar-refractivity contribution in [3.05, 3.63) is 70.8 Å². The van der Waals surface area contributed by atoms with Crippen LogP contribution in [-0.2, 0) is 19.5 Å². The zero-order valence-corrected chi connectivity index (χ0v) is 14.5. The van der Waals surface area contributed by atoms with E-state index in [2.05, 4.69) is 60.5 Å². The molecule has 2 aromatic carbocycles. The second-order valence-corrected chi connectivity index (χ2v) is 7.17. The molecule has 124 valence electrons. The third-order valence-corrected chi connectivity index (χ3v) is 4.93. The minimum atomic E-state index is 0.0976. The van der Waals surface area contributed by atoms with Gasteiger partial charge in [0.05, 0.1) is 11.6 Å². The van der Waals surface area contributed by atoms with E-state index in [1.54, 1.807) is 0 Å². The molecule has 0 atom stereocenters. The zero-order valence-electron chi connectivity index (χ0n) is 14.5. The minimum absolute atomic E-state index is 0.0976. The molecular weight excluding hydrogens is 294 g/mol. The zero-order chi connectivity index (χ0) is 17.0. The summed E-state index contributed by atoms with van der Waals surface area (Å²) in [5.41, 5.74) is 4.93. The molecule has 0 aromatic heterocycles. The summed E-state index contributed by atoms with van der Waals surface area (Å²) in [6.45, 7) is 8.46. The molecule has 3 heteroatoms. The number of fused-ring (bicyclic) bond motifs is 1. The summed E-state index contributed by atoms with van der Waals surface area (Å²) < 4.78 is 0. The maximum absolute atomic E-state index is 8.99. The summed E-state index contributed by atoms with van der Waals surface area (Å²) in [5.74, 6) is 0. The monoisotopic (exact) mass is 319 g/mol. The Morgan fingerprint density at radius 3 is 2.71 bits per heavy atom. The van der Waals surface area contributed by atoms with Crippen LogP contribution in [0, 0.1) is 11.3 Å². The van der Waals surface area contributed by atoms with Crippen LogP contribution in [0.5, 0.6) is 0 Å². The molecule has 24 heavy (non-hydrogen) atoms. The van der Waals surface area contributed by atoms with Crippen molar-refractivity contribution in [2.45, 2.75) is 38.9 Å². The molecule has 0 bridgehead atoms. The highest BCUT2D eigenvalue weighted by Gasteiger charge is 2.29. The Kier molecular flexibility index (Phi) is 4.99. The van der Waals surface area contributed by atoms with Crippen molar-refractivity contribution in [2.24, 2.45) is 0 Å².